The summed E-state index contributed by atoms with van der Waals surface area (Å²) >= 11 is 0. The van der Waals surface area contributed by atoms with E-state index in [1.165, 1.54) is 18.2 Å². The quantitative estimate of drug-likeness (QED) is 0.906. The largest absolute Gasteiger partial charge is 0.467 e. The van der Waals surface area contributed by atoms with E-state index in [0.29, 0.717) is 47.8 Å². The summed E-state index contributed by atoms with van der Waals surface area (Å²) in [5.41, 5.74) is 1.91. The number of hydrogen-bond acceptors (Lipinski definition) is 5. The lowest BCUT2D eigenvalue weighted by Crippen LogP contribution is -2.22. The fourth-order valence-corrected chi connectivity index (χ4v) is 4.23. The van der Waals surface area contributed by atoms with Crippen LogP contribution < -0.4 is 9.46 Å². The van der Waals surface area contributed by atoms with Crippen molar-refractivity contribution < 1.29 is 22.3 Å². The van der Waals surface area contributed by atoms with Crippen LogP contribution >= 0.6 is 0 Å². The Labute approximate surface area is 144 Å². The molecular formula is C17H15FN2O4S. The van der Waals surface area contributed by atoms with Gasteiger partial charge in [0.25, 0.3) is 10.0 Å². The predicted octanol–water partition coefficient (Wildman–Crippen LogP) is 1.97. The van der Waals surface area contributed by atoms with Crippen LogP contribution in [-0.4, -0.2) is 27.6 Å². The molecule has 0 saturated carbocycles. The van der Waals surface area contributed by atoms with Crippen LogP contribution in [-0.2, 0) is 27.8 Å². The molecule has 0 saturated heterocycles. The van der Waals surface area contributed by atoms with E-state index < -0.39 is 10.0 Å². The number of sulfonamides is 1. The van der Waals surface area contributed by atoms with Gasteiger partial charge < -0.3 is 9.47 Å². The summed E-state index contributed by atoms with van der Waals surface area (Å²) in [5, 5.41) is 0. The maximum Gasteiger partial charge on any atom is 0.263 e. The molecule has 0 aromatic heterocycles. The van der Waals surface area contributed by atoms with E-state index in [2.05, 4.69) is 9.71 Å². The Bertz CT molecular complexity index is 973. The number of nitrogens with zero attached hydrogens (tertiary/aromatic N) is 1. The maximum absolute atomic E-state index is 13.7. The van der Waals surface area contributed by atoms with Crippen molar-refractivity contribution in [1.82, 2.24) is 4.72 Å². The average Bonchev–Trinajstić information content (AvgIpc) is 2.86. The lowest BCUT2D eigenvalue weighted by Gasteiger charge is -2.20. The fourth-order valence-electron chi connectivity index (χ4n) is 2.98. The number of rotatable bonds is 3. The second-order valence-corrected chi connectivity index (χ2v) is 7.40. The number of nitrogens with one attached hydrogen (secondary N) is 1. The molecule has 4 rings (SSSR count). The first-order valence-corrected chi connectivity index (χ1v) is 9.21. The van der Waals surface area contributed by atoms with E-state index in [0.717, 1.165) is 0 Å². The molecule has 8 heteroatoms. The van der Waals surface area contributed by atoms with Gasteiger partial charge in [0.1, 0.15) is 17.4 Å². The summed E-state index contributed by atoms with van der Waals surface area (Å²) in [6.45, 7) is 0.738. The molecule has 0 amide bonds. The molecule has 2 aliphatic rings. The second kappa shape index (κ2) is 6.12. The molecule has 0 spiro atoms. The van der Waals surface area contributed by atoms with Crippen molar-refractivity contribution in [2.24, 2.45) is 4.99 Å². The predicted molar refractivity (Wildman–Crippen MR) is 88.6 cm³/mol. The zero-order chi connectivity index (χ0) is 17.4. The molecule has 0 fully saturated rings. The first-order valence-electron chi connectivity index (χ1n) is 7.73. The molecule has 0 aliphatic carbocycles. The maximum atomic E-state index is 13.7. The highest BCUT2D eigenvalue weighted by Crippen LogP contribution is 2.30. The normalized spacial score (nSPS) is 19.0. The van der Waals surface area contributed by atoms with E-state index >= 15 is 0 Å². The van der Waals surface area contributed by atoms with Crippen LogP contribution in [0.4, 0.5) is 4.39 Å². The highest BCUT2D eigenvalue weighted by molar-refractivity contribution is 7.90. The molecule has 25 heavy (non-hydrogen) atoms. The molecule has 2 aromatic carbocycles. The van der Waals surface area contributed by atoms with Gasteiger partial charge in [-0.05, 0) is 36.2 Å². The van der Waals surface area contributed by atoms with Crippen molar-refractivity contribution in [3.63, 3.8) is 0 Å². The molecule has 0 atom stereocenters. The Morgan fingerprint density at radius 2 is 2.08 bits per heavy atom. The summed E-state index contributed by atoms with van der Waals surface area (Å²) in [6.07, 6.45) is 0.424. The van der Waals surface area contributed by atoms with Gasteiger partial charge in [0.2, 0.25) is 0 Å². The van der Waals surface area contributed by atoms with Crippen LogP contribution in [0.15, 0.2) is 46.3 Å². The Morgan fingerprint density at radius 3 is 2.96 bits per heavy atom. The van der Waals surface area contributed by atoms with E-state index in [9.17, 15) is 12.8 Å². The Morgan fingerprint density at radius 1 is 1.24 bits per heavy atom. The Hall–Kier alpha value is -2.45. The molecule has 0 unspecified atom stereocenters. The lowest BCUT2D eigenvalue weighted by molar-refractivity contribution is -0.0172. The zero-order valence-corrected chi connectivity index (χ0v) is 14.0. The molecule has 2 aliphatic heterocycles. The number of aliphatic imine (C=N–C) groups is 1. The highest BCUT2D eigenvalue weighted by Gasteiger charge is 2.30. The summed E-state index contributed by atoms with van der Waals surface area (Å²) in [6, 6.07) is 9.47. The Balaban J connectivity index is 1.58. The minimum atomic E-state index is -3.55. The van der Waals surface area contributed by atoms with Gasteiger partial charge >= 0.3 is 0 Å². The van der Waals surface area contributed by atoms with E-state index in [1.807, 2.05) is 0 Å². The van der Waals surface area contributed by atoms with E-state index in [4.69, 9.17) is 9.47 Å². The molecular weight excluding hydrogens is 347 g/mol. The van der Waals surface area contributed by atoms with Crippen LogP contribution in [0.3, 0.4) is 0 Å². The number of ether oxygens (including phenoxy) is 2. The number of amidine groups is 1. The fraction of sp³-hybridized carbons (Fsp3) is 0.235. The number of fused-ring (bicyclic) bond motifs is 2. The van der Waals surface area contributed by atoms with E-state index in [1.54, 1.807) is 18.2 Å². The average molecular weight is 362 g/mol. The number of benzene rings is 2. The smallest absolute Gasteiger partial charge is 0.263 e. The van der Waals surface area contributed by atoms with Crippen molar-refractivity contribution in [2.75, 3.05) is 13.3 Å². The molecule has 2 aromatic rings. The van der Waals surface area contributed by atoms with Gasteiger partial charge in [0, 0.05) is 17.7 Å². The topological polar surface area (TPSA) is 77.0 Å². The van der Waals surface area contributed by atoms with Crippen molar-refractivity contribution >= 4 is 15.9 Å². The van der Waals surface area contributed by atoms with Gasteiger partial charge in [-0.15, -0.1) is 0 Å². The molecule has 2 heterocycles. The molecule has 130 valence electrons. The van der Waals surface area contributed by atoms with Gasteiger partial charge in [0.05, 0.1) is 11.5 Å². The molecule has 0 radical (unpaired) electrons. The number of halogens is 1. The van der Waals surface area contributed by atoms with Crippen molar-refractivity contribution in [1.29, 1.82) is 0 Å². The van der Waals surface area contributed by atoms with Gasteiger partial charge in [-0.3, -0.25) is 9.71 Å². The van der Waals surface area contributed by atoms with E-state index in [-0.39, 0.29) is 17.5 Å². The SMILES string of the molecule is O=S1(=O)NC(=NCCc2cc(F)cc3c2OCOC3)c2ccccc21. The lowest BCUT2D eigenvalue weighted by atomic mass is 10.1. The number of hydrogen-bond donors (Lipinski definition) is 1. The second-order valence-electron chi connectivity index (χ2n) is 5.75. The summed E-state index contributed by atoms with van der Waals surface area (Å²) in [4.78, 5) is 4.57. The molecule has 6 nitrogen and oxygen atoms in total. The van der Waals surface area contributed by atoms with Crippen LogP contribution in [0.1, 0.15) is 16.7 Å². The monoisotopic (exact) mass is 362 g/mol. The summed E-state index contributed by atoms with van der Waals surface area (Å²) < 4.78 is 50.9. The molecule has 0 bridgehead atoms. The third-order valence-electron chi connectivity index (χ3n) is 4.07. The first-order chi connectivity index (χ1) is 12.0. The van der Waals surface area contributed by atoms with Gasteiger partial charge in [0.15, 0.2) is 6.79 Å². The summed E-state index contributed by atoms with van der Waals surface area (Å²) in [7, 11) is -3.55. The Kier molecular flexibility index (Phi) is 3.93. The van der Waals surface area contributed by atoms with Gasteiger partial charge in [-0.25, -0.2) is 12.8 Å². The van der Waals surface area contributed by atoms with Crippen molar-refractivity contribution in [3.05, 3.63) is 58.9 Å². The summed E-state index contributed by atoms with van der Waals surface area (Å²) in [5.74, 6) is 0.577. The van der Waals surface area contributed by atoms with Crippen LogP contribution in [0.5, 0.6) is 5.75 Å². The van der Waals surface area contributed by atoms with Crippen LogP contribution in [0, 0.1) is 5.82 Å². The minimum Gasteiger partial charge on any atom is -0.467 e. The van der Waals surface area contributed by atoms with Crippen molar-refractivity contribution in [2.45, 2.75) is 17.9 Å². The van der Waals surface area contributed by atoms with Gasteiger partial charge in [-0.1, -0.05) is 12.1 Å². The first kappa shape index (κ1) is 16.0. The van der Waals surface area contributed by atoms with Gasteiger partial charge in [-0.2, -0.15) is 0 Å². The zero-order valence-electron chi connectivity index (χ0n) is 13.2. The van der Waals surface area contributed by atoms with Crippen LogP contribution in [0.2, 0.25) is 0 Å². The van der Waals surface area contributed by atoms with Crippen LogP contribution in [0.25, 0.3) is 0 Å². The highest BCUT2D eigenvalue weighted by atomic mass is 32.2. The minimum absolute atomic E-state index is 0.132. The molecule has 1 N–H and O–H groups in total. The third-order valence-corrected chi connectivity index (χ3v) is 5.46. The van der Waals surface area contributed by atoms with Crippen molar-refractivity contribution in [3.8, 4) is 5.75 Å². The standard InChI is InChI=1S/C17H15FN2O4S/c18-13-7-11(16-12(8-13)9-23-10-24-16)5-6-19-17-14-3-1-2-4-15(14)25(21,22)20-17/h1-4,7-8H,5-6,9-10H2,(H,19,20). The third kappa shape index (κ3) is 2.98.